The molecule has 142 valence electrons. The number of hydrogen-bond acceptors (Lipinski definition) is 5. The van der Waals surface area contributed by atoms with Crippen molar-refractivity contribution in [1.29, 1.82) is 0 Å². The predicted molar refractivity (Wildman–Crippen MR) is 107 cm³/mol. The van der Waals surface area contributed by atoms with Gasteiger partial charge in [-0.15, -0.1) is 0 Å². The fourth-order valence-electron chi connectivity index (χ4n) is 2.39. The zero-order valence-electron chi connectivity index (χ0n) is 15.1. The molecule has 0 saturated heterocycles. The van der Waals surface area contributed by atoms with E-state index in [1.807, 2.05) is 13.0 Å². The van der Waals surface area contributed by atoms with Crippen LogP contribution in [-0.2, 0) is 10.1 Å². The van der Waals surface area contributed by atoms with Gasteiger partial charge in [0.1, 0.15) is 10.6 Å². The van der Waals surface area contributed by atoms with Gasteiger partial charge in [0.25, 0.3) is 5.91 Å². The summed E-state index contributed by atoms with van der Waals surface area (Å²) in [6.45, 7) is 1.90. The SMILES string of the molecule is Cc1cccc(C(=O)N/N=C/c2ccc(OS(=O)(=O)c3ccccc3)cc2)c1. The van der Waals surface area contributed by atoms with E-state index in [9.17, 15) is 13.2 Å². The van der Waals surface area contributed by atoms with Crippen molar-refractivity contribution < 1.29 is 17.4 Å². The number of hydrazone groups is 1. The van der Waals surface area contributed by atoms with E-state index in [0.717, 1.165) is 5.56 Å². The van der Waals surface area contributed by atoms with Gasteiger partial charge in [0.15, 0.2) is 0 Å². The molecule has 0 bridgehead atoms. The third-order valence-corrected chi connectivity index (χ3v) is 5.04. The Kier molecular flexibility index (Phi) is 5.86. The van der Waals surface area contributed by atoms with Gasteiger partial charge in [0, 0.05) is 5.56 Å². The van der Waals surface area contributed by atoms with Crippen LogP contribution < -0.4 is 9.61 Å². The molecule has 0 saturated carbocycles. The van der Waals surface area contributed by atoms with E-state index in [0.29, 0.717) is 11.1 Å². The van der Waals surface area contributed by atoms with Crippen LogP contribution >= 0.6 is 0 Å². The first kappa shape index (κ1) is 19.3. The Labute approximate surface area is 163 Å². The molecule has 3 rings (SSSR count). The molecule has 6 nitrogen and oxygen atoms in total. The third kappa shape index (κ3) is 5.05. The quantitative estimate of drug-likeness (QED) is 0.394. The first-order chi connectivity index (χ1) is 13.4. The van der Waals surface area contributed by atoms with Crippen molar-refractivity contribution in [3.05, 3.63) is 95.6 Å². The van der Waals surface area contributed by atoms with Gasteiger partial charge in [0.2, 0.25) is 0 Å². The predicted octanol–water partition coefficient (Wildman–Crippen LogP) is 3.53. The molecular formula is C21H18N2O4S. The summed E-state index contributed by atoms with van der Waals surface area (Å²) in [6.07, 6.45) is 1.46. The van der Waals surface area contributed by atoms with Crippen molar-refractivity contribution in [2.24, 2.45) is 5.10 Å². The molecule has 7 heteroatoms. The number of benzene rings is 3. The van der Waals surface area contributed by atoms with Crippen LogP contribution in [0, 0.1) is 6.92 Å². The number of carbonyl (C=O) groups is 1. The number of nitrogens with zero attached hydrogens (tertiary/aromatic N) is 1. The highest BCUT2D eigenvalue weighted by atomic mass is 32.2. The van der Waals surface area contributed by atoms with Crippen molar-refractivity contribution in [2.45, 2.75) is 11.8 Å². The van der Waals surface area contributed by atoms with Crippen LogP contribution in [0.15, 0.2) is 88.9 Å². The number of hydrogen-bond donors (Lipinski definition) is 1. The lowest BCUT2D eigenvalue weighted by atomic mass is 10.1. The van der Waals surface area contributed by atoms with E-state index in [4.69, 9.17) is 4.18 Å². The maximum atomic E-state index is 12.2. The van der Waals surface area contributed by atoms with E-state index >= 15 is 0 Å². The third-order valence-electron chi connectivity index (χ3n) is 3.78. The van der Waals surface area contributed by atoms with Crippen LogP contribution in [0.3, 0.4) is 0 Å². The van der Waals surface area contributed by atoms with Crippen molar-refractivity contribution in [3.63, 3.8) is 0 Å². The second-order valence-electron chi connectivity index (χ2n) is 5.99. The first-order valence-corrected chi connectivity index (χ1v) is 9.84. The summed E-state index contributed by atoms with van der Waals surface area (Å²) in [4.78, 5) is 12.1. The maximum absolute atomic E-state index is 12.2. The molecule has 0 aliphatic rings. The molecule has 0 spiro atoms. The summed E-state index contributed by atoms with van der Waals surface area (Å²) in [5.74, 6) is -0.126. The van der Waals surface area contributed by atoms with Crippen LogP contribution in [0.2, 0.25) is 0 Å². The molecule has 28 heavy (non-hydrogen) atoms. The molecule has 0 aromatic heterocycles. The number of carbonyl (C=O) groups excluding carboxylic acids is 1. The zero-order chi connectivity index (χ0) is 20.0. The van der Waals surface area contributed by atoms with Gasteiger partial charge in [-0.05, 0) is 61.0 Å². The average Bonchev–Trinajstić information content (AvgIpc) is 2.70. The van der Waals surface area contributed by atoms with Crippen molar-refractivity contribution in [1.82, 2.24) is 5.43 Å². The maximum Gasteiger partial charge on any atom is 0.339 e. The van der Waals surface area contributed by atoms with Crippen LogP contribution in [-0.4, -0.2) is 20.5 Å². The Hall–Kier alpha value is -3.45. The molecule has 0 unspecified atom stereocenters. The molecule has 0 aliphatic carbocycles. The Bertz CT molecular complexity index is 1090. The highest BCUT2D eigenvalue weighted by Crippen LogP contribution is 2.18. The van der Waals surface area contributed by atoms with Gasteiger partial charge >= 0.3 is 10.1 Å². The molecular weight excluding hydrogens is 376 g/mol. The first-order valence-electron chi connectivity index (χ1n) is 8.44. The van der Waals surface area contributed by atoms with E-state index in [2.05, 4.69) is 10.5 Å². The number of aryl methyl sites for hydroxylation is 1. The summed E-state index contributed by atoms with van der Waals surface area (Å²) < 4.78 is 29.5. The smallest absolute Gasteiger partial charge is 0.339 e. The topological polar surface area (TPSA) is 84.8 Å². The summed E-state index contributed by atoms with van der Waals surface area (Å²) in [7, 11) is -3.88. The van der Waals surface area contributed by atoms with E-state index in [-0.39, 0.29) is 16.6 Å². The average molecular weight is 394 g/mol. The van der Waals surface area contributed by atoms with E-state index in [1.54, 1.807) is 48.5 Å². The molecule has 0 radical (unpaired) electrons. The lowest BCUT2D eigenvalue weighted by Crippen LogP contribution is -2.17. The van der Waals surface area contributed by atoms with Gasteiger partial charge < -0.3 is 4.18 Å². The molecule has 0 atom stereocenters. The van der Waals surface area contributed by atoms with Crippen molar-refractivity contribution in [3.8, 4) is 5.75 Å². The minimum absolute atomic E-state index is 0.0829. The van der Waals surface area contributed by atoms with Gasteiger partial charge in [-0.2, -0.15) is 13.5 Å². The molecule has 3 aromatic rings. The second kappa shape index (κ2) is 8.49. The van der Waals surface area contributed by atoms with E-state index in [1.165, 1.54) is 30.5 Å². The molecule has 1 N–H and O–H groups in total. The largest absolute Gasteiger partial charge is 0.379 e. The highest BCUT2D eigenvalue weighted by Gasteiger charge is 2.15. The summed E-state index contributed by atoms with van der Waals surface area (Å²) in [5, 5.41) is 3.92. The fourth-order valence-corrected chi connectivity index (χ4v) is 3.34. The Morgan fingerprint density at radius 1 is 0.964 bits per heavy atom. The monoisotopic (exact) mass is 394 g/mol. The van der Waals surface area contributed by atoms with Gasteiger partial charge in [-0.1, -0.05) is 35.9 Å². The number of amides is 1. The molecule has 3 aromatic carbocycles. The van der Waals surface area contributed by atoms with Gasteiger partial charge in [-0.3, -0.25) is 4.79 Å². The summed E-state index contributed by atoms with van der Waals surface area (Å²) in [6, 6.07) is 21.4. The van der Waals surface area contributed by atoms with Crippen LogP contribution in [0.4, 0.5) is 0 Å². The Morgan fingerprint density at radius 2 is 1.68 bits per heavy atom. The standard InChI is InChI=1S/C21H18N2O4S/c1-16-6-5-7-18(14-16)21(24)23-22-15-17-10-12-19(13-11-17)27-28(25,26)20-8-3-2-4-9-20/h2-15H,1H3,(H,23,24)/b22-15+. The molecule has 0 heterocycles. The Morgan fingerprint density at radius 3 is 2.36 bits per heavy atom. The molecule has 0 fully saturated rings. The lowest BCUT2D eigenvalue weighted by molar-refractivity contribution is 0.0955. The van der Waals surface area contributed by atoms with Crippen molar-refractivity contribution in [2.75, 3.05) is 0 Å². The van der Waals surface area contributed by atoms with Crippen LogP contribution in [0.5, 0.6) is 5.75 Å². The number of nitrogens with one attached hydrogen (secondary N) is 1. The molecule has 1 amide bonds. The van der Waals surface area contributed by atoms with E-state index < -0.39 is 10.1 Å². The van der Waals surface area contributed by atoms with Crippen molar-refractivity contribution >= 4 is 22.2 Å². The Balaban J connectivity index is 1.61. The number of rotatable bonds is 6. The van der Waals surface area contributed by atoms with Gasteiger partial charge in [0.05, 0.1) is 6.21 Å². The molecule has 0 aliphatic heterocycles. The minimum atomic E-state index is -3.88. The lowest BCUT2D eigenvalue weighted by Gasteiger charge is -2.07. The van der Waals surface area contributed by atoms with Crippen LogP contribution in [0.25, 0.3) is 0 Å². The summed E-state index contributed by atoms with van der Waals surface area (Å²) >= 11 is 0. The van der Waals surface area contributed by atoms with Crippen LogP contribution in [0.1, 0.15) is 21.5 Å². The minimum Gasteiger partial charge on any atom is -0.379 e. The highest BCUT2D eigenvalue weighted by molar-refractivity contribution is 7.87. The normalized spacial score (nSPS) is 11.3. The second-order valence-corrected chi connectivity index (χ2v) is 7.53. The fraction of sp³-hybridized carbons (Fsp3) is 0.0476. The van der Waals surface area contributed by atoms with Gasteiger partial charge in [-0.25, -0.2) is 5.43 Å². The summed E-state index contributed by atoms with van der Waals surface area (Å²) in [5.41, 5.74) is 4.63. The zero-order valence-corrected chi connectivity index (χ0v) is 15.9.